The zero-order chi connectivity index (χ0) is 14.0. The van der Waals surface area contributed by atoms with Gasteiger partial charge in [-0.05, 0) is 18.6 Å². The first-order valence-corrected chi connectivity index (χ1v) is 7.41. The monoisotopic (exact) mass is 286 g/mol. The largest absolute Gasteiger partial charge is 0.493 e. The maximum absolute atomic E-state index is 12.4. The number of hydrogen-bond donors (Lipinski definition) is 1. The third-order valence-electron chi connectivity index (χ3n) is 3.18. The van der Waals surface area contributed by atoms with Crippen LogP contribution < -0.4 is 15.2 Å². The maximum atomic E-state index is 12.4. The topological polar surface area (TPSA) is 81.9 Å². The van der Waals surface area contributed by atoms with Crippen LogP contribution in [0.4, 0.5) is 0 Å². The minimum atomic E-state index is -3.51. The molecule has 2 N–H and O–H groups in total. The molecule has 1 atom stereocenters. The van der Waals surface area contributed by atoms with Crippen molar-refractivity contribution in [3.05, 3.63) is 18.2 Å². The number of sulfonamides is 1. The Hall–Kier alpha value is -1.31. The fourth-order valence-corrected chi connectivity index (χ4v) is 3.63. The Labute approximate surface area is 113 Å². The molecule has 106 valence electrons. The summed E-state index contributed by atoms with van der Waals surface area (Å²) < 4.78 is 36.5. The molecule has 2 rings (SSSR count). The number of nitrogens with zero attached hydrogens (tertiary/aromatic N) is 1. The predicted octanol–water partition coefficient (Wildman–Crippen LogP) is 0.426. The minimum Gasteiger partial charge on any atom is -0.493 e. The van der Waals surface area contributed by atoms with E-state index < -0.39 is 10.0 Å². The summed E-state index contributed by atoms with van der Waals surface area (Å²) >= 11 is 0. The van der Waals surface area contributed by atoms with E-state index >= 15 is 0 Å². The summed E-state index contributed by atoms with van der Waals surface area (Å²) in [6.45, 7) is 0.814. The van der Waals surface area contributed by atoms with Crippen LogP contribution >= 0.6 is 0 Å². The lowest BCUT2D eigenvalue weighted by Crippen LogP contribution is -2.31. The summed E-state index contributed by atoms with van der Waals surface area (Å²) in [7, 11) is -0.534. The average Bonchev–Trinajstić information content (AvgIpc) is 2.85. The van der Waals surface area contributed by atoms with Crippen molar-refractivity contribution in [3.63, 3.8) is 0 Å². The van der Waals surface area contributed by atoms with Gasteiger partial charge in [-0.25, -0.2) is 8.42 Å². The summed E-state index contributed by atoms with van der Waals surface area (Å²) in [6, 6.07) is 4.48. The minimum absolute atomic E-state index is 0.0880. The van der Waals surface area contributed by atoms with Crippen LogP contribution in [-0.2, 0) is 10.0 Å². The van der Waals surface area contributed by atoms with E-state index in [9.17, 15) is 8.42 Å². The normalized spacial score (nSPS) is 20.5. The molecule has 0 aliphatic carbocycles. The molecule has 7 heteroatoms. The van der Waals surface area contributed by atoms with Gasteiger partial charge in [0.1, 0.15) is 0 Å². The van der Waals surface area contributed by atoms with Gasteiger partial charge in [0.05, 0.1) is 19.1 Å². The quantitative estimate of drug-likeness (QED) is 0.867. The van der Waals surface area contributed by atoms with Crippen LogP contribution in [0.2, 0.25) is 0 Å². The van der Waals surface area contributed by atoms with Crippen molar-refractivity contribution in [2.45, 2.75) is 17.4 Å². The molecule has 0 spiro atoms. The SMILES string of the molecule is COc1ccc(S(=O)(=O)N2CC[C@H](N)C2)cc1OC. The molecule has 0 amide bonds. The van der Waals surface area contributed by atoms with Gasteiger partial charge in [0.2, 0.25) is 10.0 Å². The van der Waals surface area contributed by atoms with Crippen molar-refractivity contribution in [3.8, 4) is 11.5 Å². The summed E-state index contributed by atoms with van der Waals surface area (Å²) in [5.41, 5.74) is 5.75. The van der Waals surface area contributed by atoms with Crippen LogP contribution in [0.25, 0.3) is 0 Å². The second-order valence-corrected chi connectivity index (χ2v) is 6.37. The van der Waals surface area contributed by atoms with E-state index in [1.54, 1.807) is 6.07 Å². The van der Waals surface area contributed by atoms with Gasteiger partial charge in [-0.1, -0.05) is 0 Å². The van der Waals surface area contributed by atoms with E-state index in [0.29, 0.717) is 31.0 Å². The first-order valence-electron chi connectivity index (χ1n) is 5.97. The standard InChI is InChI=1S/C12H18N2O4S/c1-17-11-4-3-10(7-12(11)18-2)19(15,16)14-6-5-9(13)8-14/h3-4,7,9H,5-6,8,13H2,1-2H3/t9-/m0/s1. The van der Waals surface area contributed by atoms with E-state index in [-0.39, 0.29) is 10.9 Å². The molecule has 1 aromatic rings. The molecule has 0 unspecified atom stereocenters. The van der Waals surface area contributed by atoms with Crippen LogP contribution in [0.15, 0.2) is 23.1 Å². The second-order valence-electron chi connectivity index (χ2n) is 4.43. The highest BCUT2D eigenvalue weighted by atomic mass is 32.2. The lowest BCUT2D eigenvalue weighted by atomic mass is 10.3. The first-order chi connectivity index (χ1) is 8.98. The highest BCUT2D eigenvalue weighted by Crippen LogP contribution is 2.31. The molecule has 1 fully saturated rings. The Balaban J connectivity index is 2.35. The first kappa shape index (κ1) is 14.1. The van der Waals surface area contributed by atoms with Crippen molar-refractivity contribution >= 4 is 10.0 Å². The van der Waals surface area contributed by atoms with Crippen molar-refractivity contribution in [1.29, 1.82) is 0 Å². The molecule has 19 heavy (non-hydrogen) atoms. The molecule has 1 saturated heterocycles. The number of ether oxygens (including phenoxy) is 2. The average molecular weight is 286 g/mol. The van der Waals surface area contributed by atoms with Gasteiger partial charge in [0.25, 0.3) is 0 Å². The lowest BCUT2D eigenvalue weighted by Gasteiger charge is -2.17. The van der Waals surface area contributed by atoms with Gasteiger partial charge in [-0.2, -0.15) is 4.31 Å². The molecule has 1 aliphatic rings. The Morgan fingerprint density at radius 3 is 2.47 bits per heavy atom. The van der Waals surface area contributed by atoms with Crippen molar-refractivity contribution in [2.75, 3.05) is 27.3 Å². The molecule has 0 saturated carbocycles. The number of benzene rings is 1. The van der Waals surface area contributed by atoms with Gasteiger partial charge in [0, 0.05) is 25.2 Å². The zero-order valence-electron chi connectivity index (χ0n) is 11.0. The van der Waals surface area contributed by atoms with Crippen molar-refractivity contribution < 1.29 is 17.9 Å². The highest BCUT2D eigenvalue weighted by molar-refractivity contribution is 7.89. The van der Waals surface area contributed by atoms with Gasteiger partial charge in [-0.15, -0.1) is 0 Å². The predicted molar refractivity (Wildman–Crippen MR) is 70.9 cm³/mol. The third kappa shape index (κ3) is 2.68. The van der Waals surface area contributed by atoms with Crippen LogP contribution in [0.1, 0.15) is 6.42 Å². The second kappa shape index (κ2) is 5.36. The van der Waals surface area contributed by atoms with E-state index in [4.69, 9.17) is 15.2 Å². The molecular formula is C12H18N2O4S. The molecule has 0 bridgehead atoms. The van der Waals surface area contributed by atoms with Crippen LogP contribution in [0.3, 0.4) is 0 Å². The van der Waals surface area contributed by atoms with Crippen molar-refractivity contribution in [1.82, 2.24) is 4.31 Å². The fourth-order valence-electron chi connectivity index (χ4n) is 2.10. The number of methoxy groups -OCH3 is 2. The molecule has 0 aromatic heterocycles. The maximum Gasteiger partial charge on any atom is 0.243 e. The number of nitrogens with two attached hydrogens (primary N) is 1. The number of hydrogen-bond acceptors (Lipinski definition) is 5. The molecule has 6 nitrogen and oxygen atoms in total. The molecule has 0 radical (unpaired) electrons. The third-order valence-corrected chi connectivity index (χ3v) is 5.04. The van der Waals surface area contributed by atoms with Crippen LogP contribution in [0, 0.1) is 0 Å². The molecule has 1 heterocycles. The fraction of sp³-hybridized carbons (Fsp3) is 0.500. The van der Waals surface area contributed by atoms with E-state index in [1.165, 1.54) is 30.7 Å². The van der Waals surface area contributed by atoms with Crippen LogP contribution in [0.5, 0.6) is 11.5 Å². The number of rotatable bonds is 4. The Kier molecular flexibility index (Phi) is 3.98. The molecular weight excluding hydrogens is 268 g/mol. The summed E-state index contributed by atoms with van der Waals surface area (Å²) in [5.74, 6) is 0.895. The summed E-state index contributed by atoms with van der Waals surface area (Å²) in [5, 5.41) is 0. The highest BCUT2D eigenvalue weighted by Gasteiger charge is 2.31. The summed E-state index contributed by atoms with van der Waals surface area (Å²) in [4.78, 5) is 0.194. The Morgan fingerprint density at radius 2 is 1.95 bits per heavy atom. The van der Waals surface area contributed by atoms with Crippen molar-refractivity contribution in [2.24, 2.45) is 5.73 Å². The lowest BCUT2D eigenvalue weighted by molar-refractivity contribution is 0.353. The van der Waals surface area contributed by atoms with Gasteiger partial charge < -0.3 is 15.2 Å². The van der Waals surface area contributed by atoms with Gasteiger partial charge in [0.15, 0.2) is 11.5 Å². The van der Waals surface area contributed by atoms with E-state index in [0.717, 1.165) is 0 Å². The Morgan fingerprint density at radius 1 is 1.26 bits per heavy atom. The van der Waals surface area contributed by atoms with E-state index in [1.807, 2.05) is 0 Å². The van der Waals surface area contributed by atoms with E-state index in [2.05, 4.69) is 0 Å². The summed E-state index contributed by atoms with van der Waals surface area (Å²) in [6.07, 6.45) is 0.687. The molecule has 1 aliphatic heterocycles. The zero-order valence-corrected chi connectivity index (χ0v) is 11.8. The Bertz CT molecular complexity index is 559. The van der Waals surface area contributed by atoms with Crippen LogP contribution in [-0.4, -0.2) is 46.1 Å². The van der Waals surface area contributed by atoms with Gasteiger partial charge in [-0.3, -0.25) is 0 Å². The molecule has 1 aromatic carbocycles. The smallest absolute Gasteiger partial charge is 0.243 e. The van der Waals surface area contributed by atoms with Gasteiger partial charge >= 0.3 is 0 Å².